The summed E-state index contributed by atoms with van der Waals surface area (Å²) in [7, 11) is -1.89. The Labute approximate surface area is 120 Å². The van der Waals surface area contributed by atoms with Crippen LogP contribution >= 0.6 is 0 Å². The molecule has 0 aromatic carbocycles. The molecular formula is C12H25N3O4S. The lowest BCUT2D eigenvalue weighted by molar-refractivity contribution is -0.126. The van der Waals surface area contributed by atoms with Crippen molar-refractivity contribution in [3.05, 3.63) is 0 Å². The maximum atomic E-state index is 12.2. The van der Waals surface area contributed by atoms with Crippen molar-refractivity contribution in [3.63, 3.8) is 0 Å². The lowest BCUT2D eigenvalue weighted by Gasteiger charge is -2.31. The molecule has 0 spiro atoms. The van der Waals surface area contributed by atoms with Crippen LogP contribution in [0.4, 0.5) is 0 Å². The normalized spacial score (nSPS) is 22.4. The average Bonchev–Trinajstić information content (AvgIpc) is 2.44. The second kappa shape index (κ2) is 7.92. The molecule has 118 valence electrons. The highest BCUT2D eigenvalue weighted by Gasteiger charge is 2.32. The molecule has 1 amide bonds. The highest BCUT2D eigenvalue weighted by Crippen LogP contribution is 2.20. The molecule has 0 radical (unpaired) electrons. The van der Waals surface area contributed by atoms with Crippen LogP contribution in [0.3, 0.4) is 0 Å². The summed E-state index contributed by atoms with van der Waals surface area (Å²) in [4.78, 5) is 11.9. The van der Waals surface area contributed by atoms with E-state index in [0.717, 1.165) is 0 Å². The fourth-order valence-corrected chi connectivity index (χ4v) is 3.97. The molecule has 2 unspecified atom stereocenters. The van der Waals surface area contributed by atoms with Crippen molar-refractivity contribution in [1.29, 1.82) is 0 Å². The van der Waals surface area contributed by atoms with Gasteiger partial charge in [0.05, 0.1) is 17.8 Å². The van der Waals surface area contributed by atoms with E-state index < -0.39 is 10.0 Å². The van der Waals surface area contributed by atoms with E-state index in [1.54, 1.807) is 6.92 Å². The van der Waals surface area contributed by atoms with Gasteiger partial charge in [-0.1, -0.05) is 0 Å². The number of methoxy groups -OCH3 is 1. The third-order valence-corrected chi connectivity index (χ3v) is 5.45. The van der Waals surface area contributed by atoms with Gasteiger partial charge in [-0.05, 0) is 19.8 Å². The number of rotatable bonds is 7. The standard InChI is InChI=1S/C12H25N3O4S/c1-10(19-2)9-20(17,18)15-7-3-4-11(8-15)12(16)14-6-5-13/h10-11H,3-9,13H2,1-2H3,(H,14,16). The van der Waals surface area contributed by atoms with Gasteiger partial charge in [0.25, 0.3) is 0 Å². The van der Waals surface area contributed by atoms with Gasteiger partial charge in [0.1, 0.15) is 0 Å². The molecule has 0 aromatic heterocycles. The molecule has 0 aromatic rings. The van der Waals surface area contributed by atoms with Crippen LogP contribution in [-0.4, -0.2) is 63.8 Å². The Morgan fingerprint density at radius 1 is 1.55 bits per heavy atom. The van der Waals surface area contributed by atoms with Gasteiger partial charge in [-0.25, -0.2) is 12.7 Å². The lowest BCUT2D eigenvalue weighted by Crippen LogP contribution is -2.47. The zero-order chi connectivity index (χ0) is 15.2. The Kier molecular flexibility index (Phi) is 6.87. The minimum atomic E-state index is -3.38. The first-order chi connectivity index (χ1) is 9.40. The molecule has 0 aliphatic carbocycles. The van der Waals surface area contributed by atoms with Crippen LogP contribution in [-0.2, 0) is 19.6 Å². The number of nitrogens with two attached hydrogens (primary N) is 1. The number of carbonyl (C=O) groups is 1. The summed E-state index contributed by atoms with van der Waals surface area (Å²) in [6.45, 7) is 3.23. The fourth-order valence-electron chi connectivity index (χ4n) is 2.22. The molecule has 1 saturated heterocycles. The van der Waals surface area contributed by atoms with E-state index >= 15 is 0 Å². The first-order valence-corrected chi connectivity index (χ1v) is 8.50. The van der Waals surface area contributed by atoms with Crippen LogP contribution in [0.15, 0.2) is 0 Å². The molecule has 1 fully saturated rings. The Morgan fingerprint density at radius 2 is 2.25 bits per heavy atom. The van der Waals surface area contributed by atoms with Gasteiger partial charge in [-0.15, -0.1) is 0 Å². The first-order valence-electron chi connectivity index (χ1n) is 6.89. The van der Waals surface area contributed by atoms with E-state index in [2.05, 4.69) is 5.32 Å². The van der Waals surface area contributed by atoms with Crippen LogP contribution in [0.25, 0.3) is 0 Å². The Bertz CT molecular complexity index is 413. The van der Waals surface area contributed by atoms with Crippen LogP contribution in [0.5, 0.6) is 0 Å². The second-order valence-electron chi connectivity index (χ2n) is 5.10. The summed E-state index contributed by atoms with van der Waals surface area (Å²) in [5, 5.41) is 2.72. The Morgan fingerprint density at radius 3 is 2.85 bits per heavy atom. The summed E-state index contributed by atoms with van der Waals surface area (Å²) < 4.78 is 30.9. The zero-order valence-electron chi connectivity index (χ0n) is 12.2. The van der Waals surface area contributed by atoms with Gasteiger partial charge >= 0.3 is 0 Å². The minimum Gasteiger partial charge on any atom is -0.381 e. The van der Waals surface area contributed by atoms with Crippen molar-refractivity contribution in [1.82, 2.24) is 9.62 Å². The third kappa shape index (κ3) is 5.01. The van der Waals surface area contributed by atoms with Crippen LogP contribution in [0, 0.1) is 5.92 Å². The summed E-state index contributed by atoms with van der Waals surface area (Å²) in [5.74, 6) is -0.459. The number of amides is 1. The van der Waals surface area contributed by atoms with Gasteiger partial charge in [-0.3, -0.25) is 4.79 Å². The molecule has 1 aliphatic heterocycles. The van der Waals surface area contributed by atoms with Crippen LogP contribution in [0.2, 0.25) is 0 Å². The number of hydrogen-bond acceptors (Lipinski definition) is 5. The summed E-state index contributed by atoms with van der Waals surface area (Å²) in [6, 6.07) is 0. The van der Waals surface area contributed by atoms with E-state index in [1.807, 2.05) is 0 Å². The second-order valence-corrected chi connectivity index (χ2v) is 7.12. The Balaban J connectivity index is 2.62. The molecule has 3 N–H and O–H groups in total. The van der Waals surface area contributed by atoms with Crippen molar-refractivity contribution in [2.45, 2.75) is 25.9 Å². The molecule has 1 heterocycles. The lowest BCUT2D eigenvalue weighted by atomic mass is 9.99. The van der Waals surface area contributed by atoms with Crippen LogP contribution < -0.4 is 11.1 Å². The number of piperidine rings is 1. The smallest absolute Gasteiger partial charge is 0.224 e. The van der Waals surface area contributed by atoms with E-state index in [-0.39, 0.29) is 30.2 Å². The molecular weight excluding hydrogens is 282 g/mol. The maximum Gasteiger partial charge on any atom is 0.224 e. The average molecular weight is 307 g/mol. The molecule has 7 nitrogen and oxygen atoms in total. The van der Waals surface area contributed by atoms with Gasteiger partial charge in [0, 0.05) is 33.3 Å². The molecule has 2 atom stereocenters. The summed E-state index contributed by atoms with van der Waals surface area (Å²) >= 11 is 0. The monoisotopic (exact) mass is 307 g/mol. The fraction of sp³-hybridized carbons (Fsp3) is 0.917. The SMILES string of the molecule is COC(C)CS(=O)(=O)N1CCCC(C(=O)NCCN)C1. The van der Waals surface area contributed by atoms with Crippen molar-refractivity contribution in [2.24, 2.45) is 11.7 Å². The molecule has 1 rings (SSSR count). The zero-order valence-corrected chi connectivity index (χ0v) is 13.0. The number of hydrogen-bond donors (Lipinski definition) is 2. The number of ether oxygens (including phenoxy) is 1. The maximum absolute atomic E-state index is 12.2. The summed E-state index contributed by atoms with van der Waals surface area (Å²) in [5.41, 5.74) is 5.34. The molecule has 0 bridgehead atoms. The minimum absolute atomic E-state index is 0.0549. The van der Waals surface area contributed by atoms with Crippen LogP contribution in [0.1, 0.15) is 19.8 Å². The van der Waals surface area contributed by atoms with Crippen molar-refractivity contribution < 1.29 is 17.9 Å². The largest absolute Gasteiger partial charge is 0.381 e. The molecule has 20 heavy (non-hydrogen) atoms. The van der Waals surface area contributed by atoms with E-state index in [9.17, 15) is 13.2 Å². The molecule has 0 saturated carbocycles. The summed E-state index contributed by atoms with van der Waals surface area (Å²) in [6.07, 6.45) is 1.05. The van der Waals surface area contributed by atoms with Crippen molar-refractivity contribution in [2.75, 3.05) is 39.0 Å². The third-order valence-electron chi connectivity index (χ3n) is 3.44. The van der Waals surface area contributed by atoms with Crippen molar-refractivity contribution in [3.8, 4) is 0 Å². The van der Waals surface area contributed by atoms with E-state index in [4.69, 9.17) is 10.5 Å². The molecule has 1 aliphatic rings. The number of nitrogens with zero attached hydrogens (tertiary/aromatic N) is 1. The van der Waals surface area contributed by atoms with E-state index in [1.165, 1.54) is 11.4 Å². The Hall–Kier alpha value is -0.700. The predicted octanol–water partition coefficient (Wildman–Crippen LogP) is -0.862. The van der Waals surface area contributed by atoms with E-state index in [0.29, 0.717) is 32.5 Å². The molecule has 8 heteroatoms. The number of nitrogens with one attached hydrogen (secondary N) is 1. The van der Waals surface area contributed by atoms with Crippen molar-refractivity contribution >= 4 is 15.9 Å². The quantitative estimate of drug-likeness (QED) is 0.637. The van der Waals surface area contributed by atoms with Gasteiger partial charge < -0.3 is 15.8 Å². The number of carbonyl (C=O) groups excluding carboxylic acids is 1. The van der Waals surface area contributed by atoms with Gasteiger partial charge in [0.15, 0.2) is 0 Å². The predicted molar refractivity (Wildman–Crippen MR) is 76.6 cm³/mol. The first kappa shape index (κ1) is 17.4. The number of sulfonamides is 1. The van der Waals surface area contributed by atoms with Gasteiger partial charge in [0.2, 0.25) is 15.9 Å². The topological polar surface area (TPSA) is 102 Å². The highest BCUT2D eigenvalue weighted by atomic mass is 32.2. The highest BCUT2D eigenvalue weighted by molar-refractivity contribution is 7.89. The van der Waals surface area contributed by atoms with Gasteiger partial charge in [-0.2, -0.15) is 0 Å².